The van der Waals surface area contributed by atoms with Crippen LogP contribution in [-0.4, -0.2) is 7.18 Å². The van der Waals surface area contributed by atoms with Gasteiger partial charge in [0.25, 0.3) is 0 Å². The summed E-state index contributed by atoms with van der Waals surface area (Å²) in [6.45, 7) is 0. The van der Waals surface area contributed by atoms with E-state index >= 15 is 0 Å². The van der Waals surface area contributed by atoms with Crippen molar-refractivity contribution in [2.45, 2.75) is 0 Å². The van der Waals surface area contributed by atoms with Gasteiger partial charge in [-0.05, 0) is 0 Å². The Morgan fingerprint density at radius 1 is 1.40 bits per heavy atom. The van der Waals surface area contributed by atoms with E-state index in [1.807, 2.05) is 0 Å². The number of rotatable bonds is 0. The average Bonchev–Trinajstić information content (AvgIpc) is 1.46. The Bertz CT molecular complexity index is 30.6. The molecule has 0 saturated carbocycles. The van der Waals surface area contributed by atoms with E-state index in [2.05, 4.69) is 0 Å². The normalized spacial score (nSPS) is 2.80. The van der Waals surface area contributed by atoms with Crippen molar-refractivity contribution in [1.82, 2.24) is 0 Å². The van der Waals surface area contributed by atoms with E-state index < -0.39 is 19.1 Å². The monoisotopic (exact) mass is 114 g/mol. The second kappa shape index (κ2) is 28.9. The van der Waals surface area contributed by atoms with Crippen molar-refractivity contribution in [3.8, 4) is 0 Å². The van der Waals surface area contributed by atoms with E-state index in [1.165, 1.54) is 0 Å². The van der Waals surface area contributed by atoms with Crippen molar-refractivity contribution < 1.29 is 30.1 Å². The summed E-state index contributed by atoms with van der Waals surface area (Å²) in [6, 6.07) is 0. The minimum absolute atomic E-state index is 0.500. The van der Waals surface area contributed by atoms with E-state index in [-0.39, 0.29) is 0 Å². The molecule has 0 bridgehead atoms. The summed E-state index contributed by atoms with van der Waals surface area (Å²) in [5, 5.41) is 0. The number of alkyl halides is 1. The molecule has 0 heterocycles. The molecule has 0 saturated heterocycles. The zero-order valence-corrected chi connectivity index (χ0v) is 4.26. The van der Waals surface area contributed by atoms with Crippen LogP contribution in [0.4, 0.5) is 4.39 Å². The molecule has 0 rings (SSSR count). The molecule has 0 spiro atoms. The Labute approximate surface area is 37.9 Å². The summed E-state index contributed by atoms with van der Waals surface area (Å²) in [5.74, 6) is 0. The number of hydrogen-bond donors (Lipinski definition) is 0. The molecule has 0 aliphatic heterocycles. The fourth-order valence-electron chi connectivity index (χ4n) is 0. The molecule has 30 valence electrons. The molecule has 0 unspecified atom stereocenters. The summed E-state index contributed by atoms with van der Waals surface area (Å²) in [4.78, 5) is 0. The molecule has 0 amide bonds. The molecule has 4 heteroatoms. The molecule has 0 aliphatic carbocycles. The molecule has 5 heavy (non-hydrogen) atoms. The van der Waals surface area contributed by atoms with Gasteiger partial charge in [-0.2, -0.15) is 0 Å². The van der Waals surface area contributed by atoms with Gasteiger partial charge in [0.15, 0.2) is 0 Å². The topological polar surface area (TPSA) is 34.1 Å². The predicted molar refractivity (Wildman–Crippen MR) is 8.41 cm³/mol. The molecule has 0 aromatic carbocycles. The first-order valence-electron chi connectivity index (χ1n) is 0.786. The van der Waals surface area contributed by atoms with Gasteiger partial charge in [0, 0.05) is 0 Å². The molecule has 0 radical (unpaired) electrons. The Morgan fingerprint density at radius 3 is 1.40 bits per heavy atom. The first-order chi connectivity index (χ1) is 2.41. The molecular formula is CH3FO2Ti. The summed E-state index contributed by atoms with van der Waals surface area (Å²) in [7, 11) is 0.500. The van der Waals surface area contributed by atoms with Crippen molar-refractivity contribution in [2.75, 3.05) is 7.18 Å². The van der Waals surface area contributed by atoms with Gasteiger partial charge in [-0.15, -0.1) is 0 Å². The van der Waals surface area contributed by atoms with Crippen LogP contribution in [0.1, 0.15) is 0 Å². The third kappa shape index (κ3) is 358. The van der Waals surface area contributed by atoms with Crippen LogP contribution < -0.4 is 0 Å². The molecule has 2 nitrogen and oxygen atoms in total. The van der Waals surface area contributed by atoms with Gasteiger partial charge in [-0.3, -0.25) is 4.39 Å². The van der Waals surface area contributed by atoms with Crippen molar-refractivity contribution in [1.29, 1.82) is 0 Å². The first-order valence-corrected chi connectivity index (χ1v) is 2.06. The second-order valence-electron chi connectivity index (χ2n) is 0.0833. The van der Waals surface area contributed by atoms with E-state index in [1.54, 1.807) is 0 Å². The summed E-state index contributed by atoms with van der Waals surface area (Å²) in [6.07, 6.45) is 0. The van der Waals surface area contributed by atoms with Crippen molar-refractivity contribution in [3.05, 3.63) is 0 Å². The van der Waals surface area contributed by atoms with E-state index in [0.717, 1.165) is 0 Å². The maximum atomic E-state index is 9.50. The van der Waals surface area contributed by atoms with Crippen LogP contribution in [0.25, 0.3) is 0 Å². The number of hydrogen-bond acceptors (Lipinski definition) is 2. The zero-order chi connectivity index (χ0) is 4.71. The van der Waals surface area contributed by atoms with E-state index in [0.29, 0.717) is 7.18 Å². The fraction of sp³-hybridized carbons (Fsp3) is 1.00. The third-order valence-corrected chi connectivity index (χ3v) is 0. The SMILES string of the molecule is CF.[O]=[Ti]=[O]. The summed E-state index contributed by atoms with van der Waals surface area (Å²) >= 11 is -2.00. The molecule has 0 fully saturated rings. The average molecular weight is 114 g/mol. The van der Waals surface area contributed by atoms with Gasteiger partial charge in [-0.1, -0.05) is 0 Å². The van der Waals surface area contributed by atoms with Gasteiger partial charge in [0.1, 0.15) is 0 Å². The van der Waals surface area contributed by atoms with E-state index in [9.17, 15) is 4.39 Å². The van der Waals surface area contributed by atoms with Crippen molar-refractivity contribution >= 4 is 0 Å². The Kier molecular flexibility index (Phi) is 51.8. The second-order valence-corrected chi connectivity index (χ2v) is 0.344. The number of halogens is 1. The molecule has 0 aromatic rings. The molecule has 0 aliphatic rings. The Hall–Kier alpha value is 0.244. The van der Waals surface area contributed by atoms with Crippen molar-refractivity contribution in [3.63, 3.8) is 0 Å². The minimum atomic E-state index is -2.00. The van der Waals surface area contributed by atoms with Gasteiger partial charge < -0.3 is 0 Å². The van der Waals surface area contributed by atoms with Crippen LogP contribution in [0.3, 0.4) is 0 Å². The van der Waals surface area contributed by atoms with Gasteiger partial charge >= 0.3 is 25.7 Å². The van der Waals surface area contributed by atoms with E-state index in [4.69, 9.17) is 6.65 Å². The summed E-state index contributed by atoms with van der Waals surface area (Å²) in [5.41, 5.74) is 0. The van der Waals surface area contributed by atoms with Crippen LogP contribution in [0.2, 0.25) is 0 Å². The van der Waals surface area contributed by atoms with Gasteiger partial charge in [-0.25, -0.2) is 0 Å². The zero-order valence-electron chi connectivity index (χ0n) is 2.69. The molecule has 0 aromatic heterocycles. The predicted octanol–water partition coefficient (Wildman–Crippen LogP) is 0.346. The summed E-state index contributed by atoms with van der Waals surface area (Å²) < 4.78 is 26.5. The van der Waals surface area contributed by atoms with Crippen LogP contribution >= 0.6 is 0 Å². The van der Waals surface area contributed by atoms with Gasteiger partial charge in [0.05, 0.1) is 7.18 Å². The Balaban J connectivity index is 0. The maximum absolute atomic E-state index is 9.50. The first kappa shape index (κ1) is 8.98. The third-order valence-electron chi connectivity index (χ3n) is 0. The van der Waals surface area contributed by atoms with Gasteiger partial charge in [0.2, 0.25) is 0 Å². The Morgan fingerprint density at radius 2 is 1.40 bits per heavy atom. The quantitative estimate of drug-likeness (QED) is 0.425. The molecule has 0 atom stereocenters. The van der Waals surface area contributed by atoms with Crippen molar-refractivity contribution in [2.24, 2.45) is 0 Å². The standard InChI is InChI=1S/CH3F.2O.Ti/c1-2;;;/h1H3;;;. The van der Waals surface area contributed by atoms with Crippen LogP contribution in [0.15, 0.2) is 0 Å². The fourth-order valence-corrected chi connectivity index (χ4v) is 0. The molecule has 0 N–H and O–H groups in total. The van der Waals surface area contributed by atoms with Crippen LogP contribution in [-0.2, 0) is 25.7 Å². The van der Waals surface area contributed by atoms with Crippen LogP contribution in [0.5, 0.6) is 0 Å². The van der Waals surface area contributed by atoms with Crippen LogP contribution in [0, 0.1) is 0 Å². The molecular weight excluding hydrogens is 111 g/mol.